The molecule has 0 aliphatic heterocycles. The predicted molar refractivity (Wildman–Crippen MR) is 78.7 cm³/mol. The molecule has 6 nitrogen and oxygen atoms in total. The number of nitrogens with zero attached hydrogens (tertiary/aromatic N) is 3. The zero-order chi connectivity index (χ0) is 14.8. The second-order valence-electron chi connectivity index (χ2n) is 4.08. The van der Waals surface area contributed by atoms with Crippen molar-refractivity contribution >= 4 is 37.6 Å². The van der Waals surface area contributed by atoms with E-state index >= 15 is 0 Å². The molecule has 0 saturated heterocycles. The molecular formula is C11H12BrClN4O2S. The summed E-state index contributed by atoms with van der Waals surface area (Å²) in [5.74, 6) is 0.430. The Morgan fingerprint density at radius 1 is 1.30 bits per heavy atom. The van der Waals surface area contributed by atoms with E-state index in [-0.39, 0.29) is 16.2 Å². The lowest BCUT2D eigenvalue weighted by Crippen LogP contribution is -2.25. The molecule has 2 aromatic rings. The van der Waals surface area contributed by atoms with Gasteiger partial charge in [-0.2, -0.15) is 0 Å². The van der Waals surface area contributed by atoms with E-state index in [0.717, 1.165) is 11.1 Å². The first-order valence-electron chi connectivity index (χ1n) is 5.62. The van der Waals surface area contributed by atoms with Crippen molar-refractivity contribution < 1.29 is 8.42 Å². The number of hydrogen-bond donors (Lipinski definition) is 1. The lowest BCUT2D eigenvalue weighted by Gasteiger charge is -2.07. The summed E-state index contributed by atoms with van der Waals surface area (Å²) in [6.07, 6.45) is 0. The van der Waals surface area contributed by atoms with Crippen LogP contribution >= 0.6 is 27.5 Å². The Morgan fingerprint density at radius 2 is 1.90 bits per heavy atom. The minimum Gasteiger partial charge on any atom is -0.235 e. The maximum atomic E-state index is 12.2. The lowest BCUT2D eigenvalue weighted by atomic mass is 10.1. The normalized spacial score (nSPS) is 11.8. The van der Waals surface area contributed by atoms with Gasteiger partial charge in [-0.15, -0.1) is 16.7 Å². The van der Waals surface area contributed by atoms with Gasteiger partial charge in [0.15, 0.2) is 4.60 Å². The van der Waals surface area contributed by atoms with Crippen molar-refractivity contribution in [2.75, 3.05) is 0 Å². The molecule has 1 aromatic heterocycles. The van der Waals surface area contributed by atoms with Crippen LogP contribution in [0, 0.1) is 0 Å². The predicted octanol–water partition coefficient (Wildman–Crippen LogP) is 1.79. The van der Waals surface area contributed by atoms with Gasteiger partial charge < -0.3 is 0 Å². The summed E-state index contributed by atoms with van der Waals surface area (Å²) in [6, 6.07) is 7.38. The van der Waals surface area contributed by atoms with Gasteiger partial charge in [0.05, 0.1) is 0 Å². The highest BCUT2D eigenvalue weighted by Crippen LogP contribution is 2.18. The van der Waals surface area contributed by atoms with Gasteiger partial charge in [0.2, 0.25) is 5.03 Å². The van der Waals surface area contributed by atoms with Gasteiger partial charge in [0, 0.05) is 19.5 Å². The second kappa shape index (κ2) is 6.21. The number of aryl methyl sites for hydroxylation is 1. The van der Waals surface area contributed by atoms with E-state index in [4.69, 9.17) is 11.6 Å². The number of alkyl halides is 1. The van der Waals surface area contributed by atoms with Crippen LogP contribution in [0.5, 0.6) is 0 Å². The molecule has 0 saturated carbocycles. The van der Waals surface area contributed by atoms with Gasteiger partial charge in [-0.1, -0.05) is 29.5 Å². The molecule has 0 spiro atoms. The molecule has 0 aliphatic rings. The first-order valence-corrected chi connectivity index (χ1v) is 8.43. The van der Waals surface area contributed by atoms with Crippen molar-refractivity contribution in [2.24, 2.45) is 7.05 Å². The summed E-state index contributed by atoms with van der Waals surface area (Å²) in [5, 5.41) is 7.30. The van der Waals surface area contributed by atoms with E-state index in [1.807, 2.05) is 24.3 Å². The van der Waals surface area contributed by atoms with Crippen LogP contribution < -0.4 is 4.72 Å². The summed E-state index contributed by atoms with van der Waals surface area (Å²) in [7, 11) is -2.16. The highest BCUT2D eigenvalue weighted by molar-refractivity contribution is 9.10. The smallest absolute Gasteiger partial charge is 0.235 e. The van der Waals surface area contributed by atoms with E-state index in [9.17, 15) is 8.42 Å². The summed E-state index contributed by atoms with van der Waals surface area (Å²) in [5.41, 5.74) is 1.82. The number of hydrogen-bond acceptors (Lipinski definition) is 4. The molecular weight excluding hydrogens is 368 g/mol. The van der Waals surface area contributed by atoms with Gasteiger partial charge in [-0.25, -0.2) is 17.8 Å². The van der Waals surface area contributed by atoms with Crippen LogP contribution in [0.3, 0.4) is 0 Å². The average Bonchev–Trinajstić information content (AvgIpc) is 2.77. The Morgan fingerprint density at radius 3 is 2.40 bits per heavy atom. The Hall–Kier alpha value is -0.960. The third-order valence-electron chi connectivity index (χ3n) is 2.64. The van der Waals surface area contributed by atoms with Crippen molar-refractivity contribution in [1.29, 1.82) is 0 Å². The summed E-state index contributed by atoms with van der Waals surface area (Å²) in [6.45, 7) is 0.183. The molecule has 0 aliphatic carbocycles. The number of sulfonamides is 1. The zero-order valence-electron chi connectivity index (χ0n) is 10.5. The number of halogens is 2. The fourth-order valence-electron chi connectivity index (χ4n) is 1.60. The van der Waals surface area contributed by atoms with Crippen LogP contribution in [0.15, 0.2) is 33.9 Å². The Kier molecular flexibility index (Phi) is 4.79. The van der Waals surface area contributed by atoms with E-state index in [2.05, 4.69) is 31.0 Å². The first-order chi connectivity index (χ1) is 9.44. The van der Waals surface area contributed by atoms with E-state index in [1.54, 1.807) is 0 Å². The van der Waals surface area contributed by atoms with Gasteiger partial charge in [-0.05, 0) is 27.1 Å². The van der Waals surface area contributed by atoms with Crippen molar-refractivity contribution in [3.05, 3.63) is 40.0 Å². The van der Waals surface area contributed by atoms with E-state index < -0.39 is 10.0 Å². The van der Waals surface area contributed by atoms with Crippen molar-refractivity contribution in [1.82, 2.24) is 19.7 Å². The van der Waals surface area contributed by atoms with Crippen molar-refractivity contribution in [3.8, 4) is 0 Å². The first kappa shape index (κ1) is 15.4. The molecule has 9 heteroatoms. The van der Waals surface area contributed by atoms with Crippen molar-refractivity contribution in [3.63, 3.8) is 0 Å². The molecule has 1 N–H and O–H groups in total. The number of rotatable bonds is 5. The highest BCUT2D eigenvalue weighted by atomic mass is 79.9. The Bertz CT molecular complexity index is 680. The SMILES string of the molecule is Cn1nnc(Br)c1S(=O)(=O)NCc1ccc(CCl)cc1. The van der Waals surface area contributed by atoms with E-state index in [0.29, 0.717) is 5.88 Å². The maximum absolute atomic E-state index is 12.2. The minimum absolute atomic E-state index is 0.00474. The summed E-state index contributed by atoms with van der Waals surface area (Å²) in [4.78, 5) is 0. The molecule has 0 amide bonds. The monoisotopic (exact) mass is 378 g/mol. The van der Waals surface area contributed by atoms with Crippen LogP contribution in [0.1, 0.15) is 11.1 Å². The summed E-state index contributed by atoms with van der Waals surface area (Å²) < 4.78 is 28.2. The van der Waals surface area contributed by atoms with Gasteiger partial charge in [0.1, 0.15) is 0 Å². The fourth-order valence-corrected chi connectivity index (χ4v) is 3.89. The standard InChI is InChI=1S/C11H12BrClN4O2S/c1-17-11(10(12)15-16-17)20(18,19)14-7-9-4-2-8(6-13)3-5-9/h2-5,14H,6-7H2,1H3. The fraction of sp³-hybridized carbons (Fsp3) is 0.273. The average molecular weight is 380 g/mol. The molecule has 0 atom stereocenters. The molecule has 2 rings (SSSR count). The quantitative estimate of drug-likeness (QED) is 0.804. The van der Waals surface area contributed by atoms with Gasteiger partial charge in [0.25, 0.3) is 10.0 Å². The molecule has 108 valence electrons. The van der Waals surface area contributed by atoms with Crippen LogP contribution in [0.2, 0.25) is 0 Å². The Labute approximate surface area is 130 Å². The van der Waals surface area contributed by atoms with E-state index in [1.165, 1.54) is 11.7 Å². The third kappa shape index (κ3) is 3.38. The summed E-state index contributed by atoms with van der Waals surface area (Å²) >= 11 is 8.77. The topological polar surface area (TPSA) is 76.9 Å². The zero-order valence-corrected chi connectivity index (χ0v) is 13.7. The molecule has 0 fully saturated rings. The van der Waals surface area contributed by atoms with Gasteiger partial charge >= 0.3 is 0 Å². The number of nitrogens with one attached hydrogen (secondary N) is 1. The highest BCUT2D eigenvalue weighted by Gasteiger charge is 2.23. The van der Waals surface area contributed by atoms with Crippen LogP contribution in [0.25, 0.3) is 0 Å². The maximum Gasteiger partial charge on any atom is 0.260 e. The van der Waals surface area contributed by atoms with Crippen LogP contribution in [-0.4, -0.2) is 23.4 Å². The largest absolute Gasteiger partial charge is 0.260 e. The Balaban J connectivity index is 2.13. The van der Waals surface area contributed by atoms with Gasteiger partial charge in [-0.3, -0.25) is 0 Å². The van der Waals surface area contributed by atoms with Crippen molar-refractivity contribution in [2.45, 2.75) is 17.5 Å². The number of benzene rings is 1. The lowest BCUT2D eigenvalue weighted by molar-refractivity contribution is 0.560. The molecule has 0 radical (unpaired) electrons. The third-order valence-corrected chi connectivity index (χ3v) is 5.23. The number of aromatic nitrogens is 3. The van der Waals surface area contributed by atoms with Crippen LogP contribution in [-0.2, 0) is 29.5 Å². The molecule has 1 heterocycles. The second-order valence-corrected chi connectivity index (χ2v) is 6.78. The van der Waals surface area contributed by atoms with Crippen LogP contribution in [0.4, 0.5) is 0 Å². The molecule has 1 aromatic carbocycles. The molecule has 0 bridgehead atoms. The molecule has 20 heavy (non-hydrogen) atoms. The minimum atomic E-state index is -3.68. The molecule has 0 unspecified atom stereocenters.